The maximum Gasteiger partial charge on any atom is 0.417 e. The van der Waals surface area contributed by atoms with Crippen molar-refractivity contribution in [2.75, 3.05) is 55.0 Å². The fourth-order valence-electron chi connectivity index (χ4n) is 2.63. The van der Waals surface area contributed by atoms with Gasteiger partial charge in [0.15, 0.2) is 11.6 Å². The molecule has 0 N–H and O–H groups in total. The summed E-state index contributed by atoms with van der Waals surface area (Å²) in [5.74, 6) is 2.14. The molecule has 0 radical (unpaired) electrons. The molecule has 0 unspecified atom stereocenters. The van der Waals surface area contributed by atoms with Crippen LogP contribution in [0.5, 0.6) is 0 Å². The highest BCUT2D eigenvalue weighted by Crippen LogP contribution is 2.29. The highest BCUT2D eigenvalue weighted by Gasteiger charge is 2.31. The molecule has 0 amide bonds. The Morgan fingerprint density at radius 1 is 0.880 bits per heavy atom. The van der Waals surface area contributed by atoms with E-state index < -0.39 is 11.7 Å². The number of anilines is 3. The van der Waals surface area contributed by atoms with Crippen LogP contribution in [0.25, 0.3) is 0 Å². The Balaban J connectivity index is 1.61. The number of alkyl halides is 3. The Bertz CT molecular complexity index is 691. The van der Waals surface area contributed by atoms with Crippen LogP contribution in [0.1, 0.15) is 5.56 Å². The number of pyridine rings is 1. The van der Waals surface area contributed by atoms with E-state index in [1.165, 1.54) is 6.07 Å². The van der Waals surface area contributed by atoms with Crippen LogP contribution in [-0.2, 0) is 6.18 Å². The molecule has 1 aliphatic rings. The average Bonchev–Trinajstić information content (AvgIpc) is 2.61. The standard InChI is InChI=1S/C16H19F3N6/c1-23(2)14-5-6-15(22-21-14)25-9-7-24(8-10-25)13-4-3-12(11-20-13)16(17,18)19/h3-6,11H,7-10H2,1-2H3. The minimum atomic E-state index is -4.36. The minimum Gasteiger partial charge on any atom is -0.361 e. The molecule has 1 aliphatic heterocycles. The average molecular weight is 352 g/mol. The van der Waals surface area contributed by atoms with Crippen LogP contribution in [0.2, 0.25) is 0 Å². The number of hydrogen-bond acceptors (Lipinski definition) is 6. The molecule has 0 bridgehead atoms. The summed E-state index contributed by atoms with van der Waals surface area (Å²) < 4.78 is 37.8. The van der Waals surface area contributed by atoms with Gasteiger partial charge in [0.05, 0.1) is 5.56 Å². The van der Waals surface area contributed by atoms with Crippen molar-refractivity contribution in [1.29, 1.82) is 0 Å². The summed E-state index contributed by atoms with van der Waals surface area (Å²) in [7, 11) is 3.80. The molecule has 3 heterocycles. The molecule has 0 atom stereocenters. The van der Waals surface area contributed by atoms with E-state index in [0.29, 0.717) is 32.0 Å². The zero-order valence-electron chi connectivity index (χ0n) is 14.0. The minimum absolute atomic E-state index is 0.557. The summed E-state index contributed by atoms with van der Waals surface area (Å²) in [5, 5.41) is 8.40. The highest BCUT2D eigenvalue weighted by atomic mass is 19.4. The first kappa shape index (κ1) is 17.2. The lowest BCUT2D eigenvalue weighted by atomic mass is 10.2. The topological polar surface area (TPSA) is 48.4 Å². The third kappa shape index (κ3) is 3.92. The van der Waals surface area contributed by atoms with Crippen molar-refractivity contribution in [2.24, 2.45) is 0 Å². The first-order valence-electron chi connectivity index (χ1n) is 7.89. The highest BCUT2D eigenvalue weighted by molar-refractivity contribution is 5.47. The Morgan fingerprint density at radius 2 is 1.48 bits per heavy atom. The van der Waals surface area contributed by atoms with Gasteiger partial charge >= 0.3 is 6.18 Å². The van der Waals surface area contributed by atoms with E-state index in [0.717, 1.165) is 23.9 Å². The molecule has 6 nitrogen and oxygen atoms in total. The van der Waals surface area contributed by atoms with Gasteiger partial charge in [0, 0.05) is 46.5 Å². The fraction of sp³-hybridized carbons (Fsp3) is 0.438. The van der Waals surface area contributed by atoms with Crippen LogP contribution < -0.4 is 14.7 Å². The van der Waals surface area contributed by atoms with E-state index in [1.54, 1.807) is 0 Å². The first-order chi connectivity index (χ1) is 11.8. The molecule has 0 aromatic carbocycles. The molecule has 0 spiro atoms. The van der Waals surface area contributed by atoms with Gasteiger partial charge in [-0.15, -0.1) is 10.2 Å². The molecule has 9 heteroatoms. The van der Waals surface area contributed by atoms with Crippen molar-refractivity contribution in [3.63, 3.8) is 0 Å². The Morgan fingerprint density at radius 3 is 1.92 bits per heavy atom. The van der Waals surface area contributed by atoms with Gasteiger partial charge in [-0.1, -0.05) is 0 Å². The summed E-state index contributed by atoms with van der Waals surface area (Å²) in [6, 6.07) is 6.32. The van der Waals surface area contributed by atoms with Crippen molar-refractivity contribution >= 4 is 17.5 Å². The van der Waals surface area contributed by atoms with Crippen LogP contribution in [0, 0.1) is 0 Å². The summed E-state index contributed by atoms with van der Waals surface area (Å²) in [6.45, 7) is 2.74. The molecule has 1 fully saturated rings. The van der Waals surface area contributed by atoms with E-state index in [-0.39, 0.29) is 0 Å². The molecule has 134 valence electrons. The van der Waals surface area contributed by atoms with Crippen molar-refractivity contribution in [2.45, 2.75) is 6.18 Å². The molecule has 3 rings (SSSR count). The quantitative estimate of drug-likeness (QED) is 0.845. The van der Waals surface area contributed by atoms with Gasteiger partial charge in [0.25, 0.3) is 0 Å². The van der Waals surface area contributed by atoms with E-state index in [2.05, 4.69) is 20.1 Å². The lowest BCUT2D eigenvalue weighted by molar-refractivity contribution is -0.137. The number of aromatic nitrogens is 3. The third-order valence-electron chi connectivity index (χ3n) is 4.10. The Labute approximate surface area is 143 Å². The van der Waals surface area contributed by atoms with Crippen molar-refractivity contribution in [3.8, 4) is 0 Å². The molecular weight excluding hydrogens is 333 g/mol. The number of nitrogens with zero attached hydrogens (tertiary/aromatic N) is 6. The predicted molar refractivity (Wildman–Crippen MR) is 90.0 cm³/mol. The maximum absolute atomic E-state index is 12.6. The zero-order valence-corrected chi connectivity index (χ0v) is 14.0. The largest absolute Gasteiger partial charge is 0.417 e. The normalized spacial score (nSPS) is 15.4. The van der Waals surface area contributed by atoms with Crippen LogP contribution in [-0.4, -0.2) is 55.5 Å². The smallest absolute Gasteiger partial charge is 0.361 e. The van der Waals surface area contributed by atoms with Gasteiger partial charge in [-0.3, -0.25) is 0 Å². The summed E-state index contributed by atoms with van der Waals surface area (Å²) in [4.78, 5) is 9.91. The third-order valence-corrected chi connectivity index (χ3v) is 4.10. The monoisotopic (exact) mass is 352 g/mol. The van der Waals surface area contributed by atoms with Crippen LogP contribution in [0.3, 0.4) is 0 Å². The van der Waals surface area contributed by atoms with Gasteiger partial charge in [-0.05, 0) is 24.3 Å². The van der Waals surface area contributed by atoms with Gasteiger partial charge in [0.2, 0.25) is 0 Å². The number of rotatable bonds is 3. The van der Waals surface area contributed by atoms with Gasteiger partial charge in [-0.25, -0.2) is 4.98 Å². The van der Waals surface area contributed by atoms with Gasteiger partial charge < -0.3 is 14.7 Å². The molecule has 25 heavy (non-hydrogen) atoms. The summed E-state index contributed by atoms with van der Waals surface area (Å²) >= 11 is 0. The van der Waals surface area contributed by atoms with Gasteiger partial charge in [-0.2, -0.15) is 13.2 Å². The second-order valence-corrected chi connectivity index (χ2v) is 6.02. The maximum atomic E-state index is 12.6. The van der Waals surface area contributed by atoms with Gasteiger partial charge in [0.1, 0.15) is 5.82 Å². The number of halogens is 3. The molecule has 2 aromatic heterocycles. The van der Waals surface area contributed by atoms with Crippen LogP contribution in [0.15, 0.2) is 30.5 Å². The lowest BCUT2D eigenvalue weighted by Gasteiger charge is -2.35. The van der Waals surface area contributed by atoms with Crippen molar-refractivity contribution in [1.82, 2.24) is 15.2 Å². The first-order valence-corrected chi connectivity index (χ1v) is 7.89. The van der Waals surface area contributed by atoms with E-state index in [1.807, 2.05) is 36.0 Å². The molecule has 0 saturated carbocycles. The number of piperazine rings is 1. The molecule has 2 aromatic rings. The van der Waals surface area contributed by atoms with E-state index in [9.17, 15) is 13.2 Å². The van der Waals surface area contributed by atoms with E-state index in [4.69, 9.17) is 0 Å². The summed E-state index contributed by atoms with van der Waals surface area (Å²) in [5.41, 5.74) is -0.730. The van der Waals surface area contributed by atoms with Crippen LogP contribution >= 0.6 is 0 Å². The predicted octanol–water partition coefficient (Wildman–Crippen LogP) is 2.28. The Kier molecular flexibility index (Phi) is 4.65. The van der Waals surface area contributed by atoms with Crippen LogP contribution in [0.4, 0.5) is 30.6 Å². The SMILES string of the molecule is CN(C)c1ccc(N2CCN(c3ccc(C(F)(F)F)cn3)CC2)nn1. The second-order valence-electron chi connectivity index (χ2n) is 6.02. The molecular formula is C16H19F3N6. The lowest BCUT2D eigenvalue weighted by Crippen LogP contribution is -2.47. The number of hydrogen-bond donors (Lipinski definition) is 0. The summed E-state index contributed by atoms with van der Waals surface area (Å²) in [6.07, 6.45) is -3.48. The fourth-order valence-corrected chi connectivity index (χ4v) is 2.63. The zero-order chi connectivity index (χ0) is 18.0. The van der Waals surface area contributed by atoms with Crippen molar-refractivity contribution < 1.29 is 13.2 Å². The van der Waals surface area contributed by atoms with E-state index >= 15 is 0 Å². The Hall–Kier alpha value is -2.58. The molecule has 1 saturated heterocycles. The molecule has 0 aliphatic carbocycles. The van der Waals surface area contributed by atoms with Crippen molar-refractivity contribution in [3.05, 3.63) is 36.0 Å². The second kappa shape index (κ2) is 6.73.